The molecule has 1 unspecified atom stereocenters. The molecule has 3 rings (SSSR count). The maximum absolute atomic E-state index is 12.3. The van der Waals surface area contributed by atoms with E-state index in [4.69, 9.17) is 0 Å². The number of benzene rings is 1. The number of carbonyl (C=O) groups excluding carboxylic acids is 2. The third-order valence-corrected chi connectivity index (χ3v) is 5.04. The second-order valence-corrected chi connectivity index (χ2v) is 6.91. The summed E-state index contributed by atoms with van der Waals surface area (Å²) in [4.78, 5) is 24.3. The smallest absolute Gasteiger partial charge is 0.251 e. The zero-order valence-electron chi connectivity index (χ0n) is 14.6. The summed E-state index contributed by atoms with van der Waals surface area (Å²) in [5, 5.41) is 9.37. The van der Waals surface area contributed by atoms with Crippen molar-refractivity contribution in [3.05, 3.63) is 35.4 Å². The highest BCUT2D eigenvalue weighted by atomic mass is 35.5. The molecule has 3 N–H and O–H groups in total. The van der Waals surface area contributed by atoms with Gasteiger partial charge in [-0.2, -0.15) is 0 Å². The summed E-state index contributed by atoms with van der Waals surface area (Å²) in [6.07, 6.45) is 6.49. The zero-order chi connectivity index (χ0) is 16.8. The standard InChI is InChI=1S/C19H27N3O2.ClH/c23-18(15-4-1-2-5-15)21-12-14-7-9-16(10-8-14)19(24)22-17-6-3-11-20-13-17;/h7-10,15,17,20H,1-6,11-13H2,(H,21,23)(H,22,24);1H. The second kappa shape index (κ2) is 9.78. The highest BCUT2D eigenvalue weighted by Crippen LogP contribution is 2.24. The van der Waals surface area contributed by atoms with Crippen LogP contribution >= 0.6 is 12.4 Å². The van der Waals surface area contributed by atoms with Gasteiger partial charge in [-0.05, 0) is 49.9 Å². The SMILES string of the molecule is Cl.O=C(NC1CCCNC1)c1ccc(CNC(=O)C2CCCC2)cc1. The Morgan fingerprint density at radius 1 is 1.04 bits per heavy atom. The van der Waals surface area contributed by atoms with E-state index < -0.39 is 0 Å². The predicted octanol–water partition coefficient (Wildman–Crippen LogP) is 2.40. The van der Waals surface area contributed by atoms with Crippen molar-refractivity contribution >= 4 is 24.2 Å². The van der Waals surface area contributed by atoms with Crippen LogP contribution in [0.3, 0.4) is 0 Å². The zero-order valence-corrected chi connectivity index (χ0v) is 15.4. The van der Waals surface area contributed by atoms with Crippen LogP contribution in [0.1, 0.15) is 54.4 Å². The molecule has 2 fully saturated rings. The van der Waals surface area contributed by atoms with E-state index in [1.807, 2.05) is 24.3 Å². The van der Waals surface area contributed by atoms with Crippen LogP contribution in [0.15, 0.2) is 24.3 Å². The van der Waals surface area contributed by atoms with Crippen LogP contribution in [-0.4, -0.2) is 30.9 Å². The third-order valence-electron chi connectivity index (χ3n) is 5.04. The fourth-order valence-electron chi connectivity index (χ4n) is 3.54. The van der Waals surface area contributed by atoms with E-state index in [1.165, 1.54) is 12.8 Å². The second-order valence-electron chi connectivity index (χ2n) is 6.91. The van der Waals surface area contributed by atoms with E-state index >= 15 is 0 Å². The monoisotopic (exact) mass is 365 g/mol. The van der Waals surface area contributed by atoms with Crippen LogP contribution < -0.4 is 16.0 Å². The largest absolute Gasteiger partial charge is 0.352 e. The topological polar surface area (TPSA) is 70.2 Å². The molecule has 25 heavy (non-hydrogen) atoms. The first kappa shape index (κ1) is 19.7. The first-order valence-corrected chi connectivity index (χ1v) is 9.10. The van der Waals surface area contributed by atoms with Crippen molar-refractivity contribution < 1.29 is 9.59 Å². The van der Waals surface area contributed by atoms with E-state index in [9.17, 15) is 9.59 Å². The molecule has 1 aliphatic heterocycles. The molecule has 1 heterocycles. The number of amides is 2. The molecule has 0 radical (unpaired) electrons. The Morgan fingerprint density at radius 2 is 1.76 bits per heavy atom. The Morgan fingerprint density at radius 3 is 2.40 bits per heavy atom. The van der Waals surface area contributed by atoms with Gasteiger partial charge in [0.2, 0.25) is 5.91 Å². The van der Waals surface area contributed by atoms with Gasteiger partial charge in [-0.3, -0.25) is 9.59 Å². The normalized spacial score (nSPS) is 20.6. The maximum Gasteiger partial charge on any atom is 0.251 e. The van der Waals surface area contributed by atoms with Crippen molar-refractivity contribution in [1.29, 1.82) is 0 Å². The molecule has 1 atom stereocenters. The number of rotatable bonds is 5. The molecule has 2 amide bonds. The molecule has 1 saturated heterocycles. The summed E-state index contributed by atoms with van der Waals surface area (Å²) in [6, 6.07) is 7.73. The van der Waals surface area contributed by atoms with Gasteiger partial charge in [-0.1, -0.05) is 25.0 Å². The van der Waals surface area contributed by atoms with Gasteiger partial charge in [0, 0.05) is 30.6 Å². The van der Waals surface area contributed by atoms with E-state index in [2.05, 4.69) is 16.0 Å². The van der Waals surface area contributed by atoms with E-state index in [1.54, 1.807) is 0 Å². The lowest BCUT2D eigenvalue weighted by atomic mass is 10.1. The quantitative estimate of drug-likeness (QED) is 0.750. The number of nitrogens with one attached hydrogen (secondary N) is 3. The number of hydrogen-bond acceptors (Lipinski definition) is 3. The Kier molecular flexibility index (Phi) is 7.72. The van der Waals surface area contributed by atoms with Gasteiger partial charge in [-0.15, -0.1) is 12.4 Å². The lowest BCUT2D eigenvalue weighted by molar-refractivity contribution is -0.124. The number of carbonyl (C=O) groups is 2. The minimum atomic E-state index is -0.0229. The summed E-state index contributed by atoms with van der Waals surface area (Å²) in [5.41, 5.74) is 1.70. The highest BCUT2D eigenvalue weighted by molar-refractivity contribution is 5.94. The van der Waals surface area contributed by atoms with Crippen molar-refractivity contribution in [3.63, 3.8) is 0 Å². The summed E-state index contributed by atoms with van der Waals surface area (Å²) < 4.78 is 0. The molecule has 2 aliphatic rings. The molecule has 5 nitrogen and oxygen atoms in total. The van der Waals surface area contributed by atoms with E-state index in [-0.39, 0.29) is 36.2 Å². The van der Waals surface area contributed by atoms with Gasteiger partial charge in [0.25, 0.3) is 5.91 Å². The Bertz CT molecular complexity index is 565. The molecule has 1 aromatic carbocycles. The number of halogens is 1. The van der Waals surface area contributed by atoms with Gasteiger partial charge >= 0.3 is 0 Å². The summed E-state index contributed by atoms with van der Waals surface area (Å²) in [5.74, 6) is 0.337. The minimum absolute atomic E-state index is 0. The third kappa shape index (κ3) is 5.72. The molecule has 0 spiro atoms. The molecule has 0 aromatic heterocycles. The molecule has 1 aromatic rings. The molecular weight excluding hydrogens is 338 g/mol. The van der Waals surface area contributed by atoms with Gasteiger partial charge in [0.1, 0.15) is 0 Å². The van der Waals surface area contributed by atoms with Crippen LogP contribution in [-0.2, 0) is 11.3 Å². The fraction of sp³-hybridized carbons (Fsp3) is 0.579. The van der Waals surface area contributed by atoms with Gasteiger partial charge in [0.05, 0.1) is 0 Å². The van der Waals surface area contributed by atoms with Crippen molar-refractivity contribution in [2.45, 2.75) is 51.1 Å². The summed E-state index contributed by atoms with van der Waals surface area (Å²) >= 11 is 0. The molecular formula is C19H28ClN3O2. The van der Waals surface area contributed by atoms with E-state index in [0.717, 1.165) is 44.3 Å². The molecule has 1 saturated carbocycles. The van der Waals surface area contributed by atoms with Crippen LogP contribution in [0.4, 0.5) is 0 Å². The molecule has 0 bridgehead atoms. The lowest BCUT2D eigenvalue weighted by Gasteiger charge is -2.23. The average molecular weight is 366 g/mol. The predicted molar refractivity (Wildman–Crippen MR) is 101 cm³/mol. The van der Waals surface area contributed by atoms with Crippen LogP contribution in [0.25, 0.3) is 0 Å². The molecule has 138 valence electrons. The lowest BCUT2D eigenvalue weighted by Crippen LogP contribution is -2.45. The van der Waals surface area contributed by atoms with Crippen molar-refractivity contribution in [2.24, 2.45) is 5.92 Å². The number of hydrogen-bond donors (Lipinski definition) is 3. The highest BCUT2D eigenvalue weighted by Gasteiger charge is 2.22. The maximum atomic E-state index is 12.3. The van der Waals surface area contributed by atoms with Gasteiger partial charge in [-0.25, -0.2) is 0 Å². The van der Waals surface area contributed by atoms with Crippen molar-refractivity contribution in [2.75, 3.05) is 13.1 Å². The Hall–Kier alpha value is -1.59. The minimum Gasteiger partial charge on any atom is -0.352 e. The first-order valence-electron chi connectivity index (χ1n) is 9.10. The van der Waals surface area contributed by atoms with Crippen molar-refractivity contribution in [3.8, 4) is 0 Å². The Labute approximate surface area is 155 Å². The molecule has 6 heteroatoms. The van der Waals surface area contributed by atoms with Gasteiger partial charge < -0.3 is 16.0 Å². The fourth-order valence-corrected chi connectivity index (χ4v) is 3.54. The van der Waals surface area contributed by atoms with Crippen LogP contribution in [0, 0.1) is 5.92 Å². The average Bonchev–Trinajstić information content (AvgIpc) is 3.16. The van der Waals surface area contributed by atoms with Crippen LogP contribution in [0.5, 0.6) is 0 Å². The van der Waals surface area contributed by atoms with E-state index in [0.29, 0.717) is 12.1 Å². The Balaban J connectivity index is 0.00000225. The summed E-state index contributed by atoms with van der Waals surface area (Å²) in [6.45, 7) is 2.41. The van der Waals surface area contributed by atoms with Crippen LogP contribution in [0.2, 0.25) is 0 Å². The number of piperidine rings is 1. The van der Waals surface area contributed by atoms with Crippen molar-refractivity contribution in [1.82, 2.24) is 16.0 Å². The summed E-state index contributed by atoms with van der Waals surface area (Å²) in [7, 11) is 0. The van der Waals surface area contributed by atoms with Gasteiger partial charge in [0.15, 0.2) is 0 Å². The molecule has 1 aliphatic carbocycles. The first-order chi connectivity index (χ1) is 11.7.